The van der Waals surface area contributed by atoms with Gasteiger partial charge in [0.2, 0.25) is 11.9 Å². The average Bonchev–Trinajstić information content (AvgIpc) is 3.31. The lowest BCUT2D eigenvalue weighted by molar-refractivity contribution is 0.100. The van der Waals surface area contributed by atoms with Gasteiger partial charge in [-0.3, -0.25) is 9.89 Å². The number of amides is 1. The Bertz CT molecular complexity index is 1570. The minimum absolute atomic E-state index is 0.330. The van der Waals surface area contributed by atoms with E-state index in [1.165, 1.54) is 0 Å². The van der Waals surface area contributed by atoms with Gasteiger partial charge in [-0.1, -0.05) is 42.5 Å². The molecular formula is C26H19N7O2. The summed E-state index contributed by atoms with van der Waals surface area (Å²) < 4.78 is 5.95. The van der Waals surface area contributed by atoms with Gasteiger partial charge in [-0.2, -0.15) is 10.4 Å². The van der Waals surface area contributed by atoms with Gasteiger partial charge >= 0.3 is 0 Å². The van der Waals surface area contributed by atoms with Gasteiger partial charge in [0.05, 0.1) is 11.8 Å². The highest BCUT2D eigenvalue weighted by Gasteiger charge is 2.15. The van der Waals surface area contributed by atoms with Crippen molar-refractivity contribution < 1.29 is 9.53 Å². The Hall–Kier alpha value is -5.23. The van der Waals surface area contributed by atoms with Gasteiger partial charge in [-0.05, 0) is 35.9 Å². The molecule has 2 heterocycles. The molecule has 0 aliphatic rings. The molecular weight excluding hydrogens is 442 g/mol. The predicted molar refractivity (Wildman–Crippen MR) is 131 cm³/mol. The number of nitrogens with two attached hydrogens (primary N) is 1. The Labute approximate surface area is 200 Å². The Balaban J connectivity index is 1.46. The number of benzene rings is 3. The Morgan fingerprint density at radius 1 is 1.09 bits per heavy atom. The molecule has 0 bridgehead atoms. The second kappa shape index (κ2) is 9.33. The van der Waals surface area contributed by atoms with Crippen molar-refractivity contribution in [2.24, 2.45) is 5.73 Å². The molecule has 1 amide bonds. The van der Waals surface area contributed by atoms with Gasteiger partial charge in [0.15, 0.2) is 0 Å². The van der Waals surface area contributed by atoms with Crippen LogP contribution in [0.15, 0.2) is 79.0 Å². The monoisotopic (exact) mass is 461 g/mol. The van der Waals surface area contributed by atoms with Crippen LogP contribution in [0.4, 0.5) is 11.6 Å². The fourth-order valence-corrected chi connectivity index (χ4v) is 3.57. The molecule has 0 saturated carbocycles. The number of anilines is 2. The molecule has 0 unspecified atom stereocenters. The van der Waals surface area contributed by atoms with Crippen LogP contribution in [0, 0.1) is 11.3 Å². The Kier molecular flexibility index (Phi) is 5.76. The van der Waals surface area contributed by atoms with Gasteiger partial charge in [0.25, 0.3) is 0 Å². The summed E-state index contributed by atoms with van der Waals surface area (Å²) in [4.78, 5) is 20.4. The molecule has 0 radical (unpaired) electrons. The molecule has 2 aromatic heterocycles. The zero-order valence-electron chi connectivity index (χ0n) is 18.4. The number of hydrogen-bond donors (Lipinski definition) is 3. The average molecular weight is 461 g/mol. The summed E-state index contributed by atoms with van der Waals surface area (Å²) in [6.45, 7) is 0.334. The standard InChI is InChI=1S/C26H19N7O2/c27-13-19-10-9-17(12-22(19)35-15-16-5-2-1-3-6-16)23-24-21(32-33-23)14-29-26(31-24)30-20-8-4-7-18(11-20)25(28)34/h1-12,14H,15H2,(H2,28,34)(H,32,33)(H,29,30,31). The van der Waals surface area contributed by atoms with Gasteiger partial charge in [-0.15, -0.1) is 0 Å². The van der Waals surface area contributed by atoms with E-state index in [0.29, 0.717) is 51.8 Å². The number of rotatable bonds is 7. The fourth-order valence-electron chi connectivity index (χ4n) is 3.57. The first kappa shape index (κ1) is 21.6. The van der Waals surface area contributed by atoms with Crippen molar-refractivity contribution >= 4 is 28.6 Å². The third kappa shape index (κ3) is 4.62. The highest BCUT2D eigenvalue weighted by atomic mass is 16.5. The van der Waals surface area contributed by atoms with Crippen LogP contribution < -0.4 is 15.8 Å². The van der Waals surface area contributed by atoms with Crippen molar-refractivity contribution in [2.75, 3.05) is 5.32 Å². The van der Waals surface area contributed by atoms with Crippen molar-refractivity contribution in [3.8, 4) is 23.1 Å². The molecule has 9 heteroatoms. The number of aromatic amines is 1. The quantitative estimate of drug-likeness (QED) is 0.328. The summed E-state index contributed by atoms with van der Waals surface area (Å²) >= 11 is 0. The molecule has 5 aromatic rings. The zero-order chi connectivity index (χ0) is 24.2. The van der Waals surface area contributed by atoms with E-state index < -0.39 is 5.91 Å². The summed E-state index contributed by atoms with van der Waals surface area (Å²) in [5.74, 6) is 0.268. The number of aromatic nitrogens is 4. The molecule has 0 aliphatic carbocycles. The number of nitrogens with zero attached hydrogens (tertiary/aromatic N) is 4. The summed E-state index contributed by atoms with van der Waals surface area (Å²) in [5, 5.41) is 20.0. The fraction of sp³-hybridized carbons (Fsp3) is 0.0385. The summed E-state index contributed by atoms with van der Waals surface area (Å²) in [5.41, 5.74) is 10.4. The van der Waals surface area contributed by atoms with Gasteiger partial charge < -0.3 is 15.8 Å². The summed E-state index contributed by atoms with van der Waals surface area (Å²) in [6, 6.07) is 23.9. The maximum absolute atomic E-state index is 11.5. The van der Waals surface area contributed by atoms with Crippen LogP contribution in [0.5, 0.6) is 5.75 Å². The van der Waals surface area contributed by atoms with E-state index >= 15 is 0 Å². The Morgan fingerprint density at radius 3 is 2.74 bits per heavy atom. The second-order valence-electron chi connectivity index (χ2n) is 7.70. The first-order valence-corrected chi connectivity index (χ1v) is 10.7. The van der Waals surface area contributed by atoms with Crippen LogP contribution in [0.2, 0.25) is 0 Å². The lowest BCUT2D eigenvalue weighted by Crippen LogP contribution is -2.11. The van der Waals surface area contributed by atoms with E-state index in [-0.39, 0.29) is 0 Å². The van der Waals surface area contributed by atoms with E-state index in [0.717, 1.165) is 11.1 Å². The van der Waals surface area contributed by atoms with Gasteiger partial charge in [0, 0.05) is 16.8 Å². The maximum atomic E-state index is 11.5. The number of fused-ring (bicyclic) bond motifs is 1. The van der Waals surface area contributed by atoms with Crippen LogP contribution in [0.3, 0.4) is 0 Å². The van der Waals surface area contributed by atoms with Crippen molar-refractivity contribution in [2.45, 2.75) is 6.61 Å². The van der Waals surface area contributed by atoms with Crippen LogP contribution in [-0.4, -0.2) is 26.1 Å². The number of carbonyl (C=O) groups excluding carboxylic acids is 1. The number of nitrogens with one attached hydrogen (secondary N) is 2. The number of H-pyrrole nitrogens is 1. The number of hydrogen-bond acceptors (Lipinski definition) is 7. The van der Waals surface area contributed by atoms with Gasteiger partial charge in [0.1, 0.15) is 35.2 Å². The van der Waals surface area contributed by atoms with Crippen molar-refractivity contribution in [3.63, 3.8) is 0 Å². The lowest BCUT2D eigenvalue weighted by Gasteiger charge is -2.10. The summed E-state index contributed by atoms with van der Waals surface area (Å²) in [6.07, 6.45) is 1.62. The second-order valence-corrected chi connectivity index (χ2v) is 7.70. The minimum Gasteiger partial charge on any atom is -0.487 e. The van der Waals surface area contributed by atoms with Crippen molar-refractivity contribution in [1.29, 1.82) is 5.26 Å². The molecule has 0 aliphatic heterocycles. The van der Waals surface area contributed by atoms with Gasteiger partial charge in [-0.25, -0.2) is 9.97 Å². The molecule has 170 valence electrons. The number of carbonyl (C=O) groups is 1. The molecule has 0 atom stereocenters. The van der Waals surface area contributed by atoms with E-state index in [1.54, 1.807) is 48.7 Å². The number of primary amides is 1. The highest BCUT2D eigenvalue weighted by Crippen LogP contribution is 2.31. The number of nitriles is 1. The molecule has 9 nitrogen and oxygen atoms in total. The van der Waals surface area contributed by atoms with Crippen LogP contribution in [0.25, 0.3) is 22.3 Å². The van der Waals surface area contributed by atoms with Crippen molar-refractivity contribution in [3.05, 3.63) is 95.7 Å². The van der Waals surface area contributed by atoms with E-state index in [4.69, 9.17) is 10.5 Å². The first-order valence-electron chi connectivity index (χ1n) is 10.7. The SMILES string of the molecule is N#Cc1ccc(-c2n[nH]c3cnc(Nc4cccc(C(N)=O)c4)nc23)cc1OCc1ccccc1. The maximum Gasteiger partial charge on any atom is 0.248 e. The summed E-state index contributed by atoms with van der Waals surface area (Å²) in [7, 11) is 0. The topological polar surface area (TPSA) is 143 Å². The molecule has 3 aromatic carbocycles. The smallest absolute Gasteiger partial charge is 0.248 e. The Morgan fingerprint density at radius 2 is 1.94 bits per heavy atom. The van der Waals surface area contributed by atoms with Crippen LogP contribution >= 0.6 is 0 Å². The molecule has 0 fully saturated rings. The van der Waals surface area contributed by atoms with E-state index in [9.17, 15) is 10.1 Å². The molecule has 4 N–H and O–H groups in total. The predicted octanol–water partition coefficient (Wildman–Crippen LogP) is 4.31. The largest absolute Gasteiger partial charge is 0.487 e. The zero-order valence-corrected chi connectivity index (χ0v) is 18.4. The molecule has 0 saturated heterocycles. The molecule has 35 heavy (non-hydrogen) atoms. The van der Waals surface area contributed by atoms with Crippen LogP contribution in [-0.2, 0) is 6.61 Å². The van der Waals surface area contributed by atoms with Crippen molar-refractivity contribution in [1.82, 2.24) is 20.2 Å². The first-order chi connectivity index (χ1) is 17.1. The lowest BCUT2D eigenvalue weighted by atomic mass is 10.1. The molecule has 0 spiro atoms. The minimum atomic E-state index is -0.520. The third-order valence-corrected chi connectivity index (χ3v) is 5.32. The van der Waals surface area contributed by atoms with E-state index in [2.05, 4.69) is 31.6 Å². The highest BCUT2D eigenvalue weighted by molar-refractivity contribution is 5.94. The molecule has 5 rings (SSSR count). The normalized spacial score (nSPS) is 10.6. The third-order valence-electron chi connectivity index (χ3n) is 5.32. The van der Waals surface area contributed by atoms with E-state index in [1.807, 2.05) is 30.3 Å². The number of ether oxygens (including phenoxy) is 1. The van der Waals surface area contributed by atoms with Crippen LogP contribution in [0.1, 0.15) is 21.5 Å².